The van der Waals surface area contributed by atoms with E-state index in [2.05, 4.69) is 36.4 Å². The summed E-state index contributed by atoms with van der Waals surface area (Å²) < 4.78 is 0. The lowest BCUT2D eigenvalue weighted by molar-refractivity contribution is -0.132. The van der Waals surface area contributed by atoms with Gasteiger partial charge in [-0.25, -0.2) is 4.98 Å². The van der Waals surface area contributed by atoms with Gasteiger partial charge in [0, 0.05) is 11.1 Å². The molecule has 0 fully saturated rings. The van der Waals surface area contributed by atoms with Gasteiger partial charge >= 0.3 is 11.8 Å². The van der Waals surface area contributed by atoms with Gasteiger partial charge in [-0.1, -0.05) is 32.9 Å². The van der Waals surface area contributed by atoms with Crippen molar-refractivity contribution in [3.05, 3.63) is 40.9 Å². The molecule has 1 heterocycles. The zero-order valence-electron chi connectivity index (χ0n) is 13.1. The van der Waals surface area contributed by atoms with E-state index in [0.29, 0.717) is 10.8 Å². The summed E-state index contributed by atoms with van der Waals surface area (Å²) in [6, 6.07) is 7.47. The first-order valence-corrected chi connectivity index (χ1v) is 7.78. The van der Waals surface area contributed by atoms with Crippen molar-refractivity contribution < 1.29 is 9.59 Å². The SMILES string of the molecule is Cc1csc(NC(=O)C(=O)Nc2ccc(C(C)(C)C)cc2)n1. The fraction of sp³-hybridized carbons (Fsp3) is 0.312. The van der Waals surface area contributed by atoms with E-state index in [9.17, 15) is 9.59 Å². The molecule has 1 aromatic carbocycles. The lowest BCUT2D eigenvalue weighted by atomic mass is 9.87. The van der Waals surface area contributed by atoms with Crippen LogP contribution in [0.3, 0.4) is 0 Å². The number of amides is 2. The first-order valence-electron chi connectivity index (χ1n) is 6.91. The molecule has 2 N–H and O–H groups in total. The minimum Gasteiger partial charge on any atom is -0.318 e. The van der Waals surface area contributed by atoms with Crippen LogP contribution in [-0.2, 0) is 15.0 Å². The van der Waals surface area contributed by atoms with Crippen LogP contribution in [0.25, 0.3) is 0 Å². The summed E-state index contributed by atoms with van der Waals surface area (Å²) in [5.41, 5.74) is 2.60. The van der Waals surface area contributed by atoms with Crippen LogP contribution in [0, 0.1) is 6.92 Å². The minimum absolute atomic E-state index is 0.0443. The predicted molar refractivity (Wildman–Crippen MR) is 89.3 cm³/mol. The van der Waals surface area contributed by atoms with Crippen molar-refractivity contribution in [3.8, 4) is 0 Å². The first kappa shape index (κ1) is 16.2. The van der Waals surface area contributed by atoms with Crippen LogP contribution in [0.4, 0.5) is 10.8 Å². The molecule has 116 valence electrons. The van der Waals surface area contributed by atoms with Gasteiger partial charge in [0.05, 0.1) is 5.69 Å². The number of anilines is 2. The van der Waals surface area contributed by atoms with E-state index in [1.807, 2.05) is 19.1 Å². The lowest BCUT2D eigenvalue weighted by Crippen LogP contribution is -2.29. The fourth-order valence-electron chi connectivity index (χ4n) is 1.81. The standard InChI is InChI=1S/C16H19N3O2S/c1-10-9-22-15(17-10)19-14(21)13(20)18-12-7-5-11(6-8-12)16(2,3)4/h5-9H,1-4H3,(H,18,20)(H,17,19,21). The predicted octanol–water partition coefficient (Wildman–Crippen LogP) is 3.33. The summed E-state index contributed by atoms with van der Waals surface area (Å²) in [6.07, 6.45) is 0. The molecule has 22 heavy (non-hydrogen) atoms. The molecule has 0 aliphatic heterocycles. The summed E-state index contributed by atoms with van der Waals surface area (Å²) in [5, 5.41) is 7.27. The van der Waals surface area contributed by atoms with Crippen molar-refractivity contribution in [3.63, 3.8) is 0 Å². The average Bonchev–Trinajstić information content (AvgIpc) is 2.83. The molecule has 2 rings (SSSR count). The second-order valence-electron chi connectivity index (χ2n) is 6.03. The van der Waals surface area contributed by atoms with Gasteiger partial charge in [0.15, 0.2) is 5.13 Å². The largest absolute Gasteiger partial charge is 0.318 e. The van der Waals surface area contributed by atoms with Gasteiger partial charge < -0.3 is 5.32 Å². The zero-order valence-corrected chi connectivity index (χ0v) is 13.9. The Kier molecular flexibility index (Phi) is 4.61. The number of carbonyl (C=O) groups excluding carboxylic acids is 2. The molecule has 5 nitrogen and oxygen atoms in total. The van der Waals surface area contributed by atoms with Crippen molar-refractivity contribution >= 4 is 34.0 Å². The average molecular weight is 317 g/mol. The number of aryl methyl sites for hydroxylation is 1. The monoisotopic (exact) mass is 317 g/mol. The normalized spacial score (nSPS) is 11.1. The van der Waals surface area contributed by atoms with E-state index in [0.717, 1.165) is 11.3 Å². The van der Waals surface area contributed by atoms with Crippen LogP contribution in [-0.4, -0.2) is 16.8 Å². The summed E-state index contributed by atoms with van der Waals surface area (Å²) in [7, 11) is 0. The number of carbonyl (C=O) groups is 2. The van der Waals surface area contributed by atoms with E-state index < -0.39 is 11.8 Å². The topological polar surface area (TPSA) is 71.1 Å². The maximum Gasteiger partial charge on any atom is 0.315 e. The van der Waals surface area contributed by atoms with Gasteiger partial charge in [-0.05, 0) is 30.0 Å². The van der Waals surface area contributed by atoms with Crippen molar-refractivity contribution in [2.75, 3.05) is 10.6 Å². The van der Waals surface area contributed by atoms with Crippen molar-refractivity contribution in [1.29, 1.82) is 0 Å². The Morgan fingerprint density at radius 1 is 1.05 bits per heavy atom. The van der Waals surface area contributed by atoms with Crippen LogP contribution in [0.5, 0.6) is 0 Å². The first-order chi connectivity index (χ1) is 10.3. The number of nitrogens with zero attached hydrogens (tertiary/aromatic N) is 1. The van der Waals surface area contributed by atoms with Crippen molar-refractivity contribution in [1.82, 2.24) is 4.98 Å². The number of benzene rings is 1. The Hall–Kier alpha value is -2.21. The molecule has 0 saturated carbocycles. The molecule has 0 saturated heterocycles. The van der Waals surface area contributed by atoms with Gasteiger partial charge in [-0.15, -0.1) is 11.3 Å². The Morgan fingerprint density at radius 3 is 2.14 bits per heavy atom. The quantitative estimate of drug-likeness (QED) is 0.835. The van der Waals surface area contributed by atoms with Crippen LogP contribution in [0.15, 0.2) is 29.6 Å². The minimum atomic E-state index is -0.728. The molecule has 0 radical (unpaired) electrons. The van der Waals surface area contributed by atoms with Gasteiger partial charge in [-0.3, -0.25) is 14.9 Å². The Labute approximate surface area is 133 Å². The summed E-state index contributed by atoms with van der Waals surface area (Å²) >= 11 is 1.28. The van der Waals surface area contributed by atoms with Crippen LogP contribution in [0.2, 0.25) is 0 Å². The number of aromatic nitrogens is 1. The van der Waals surface area contributed by atoms with Gasteiger partial charge in [0.25, 0.3) is 0 Å². The fourth-order valence-corrected chi connectivity index (χ4v) is 2.49. The summed E-state index contributed by atoms with van der Waals surface area (Å²) in [5.74, 6) is -1.44. The van der Waals surface area contributed by atoms with Crippen LogP contribution >= 0.6 is 11.3 Å². The number of hydrogen-bond acceptors (Lipinski definition) is 4. The highest BCUT2D eigenvalue weighted by Gasteiger charge is 2.17. The third-order valence-electron chi connectivity index (χ3n) is 3.05. The second kappa shape index (κ2) is 6.27. The molecule has 1 aromatic heterocycles. The highest BCUT2D eigenvalue weighted by Crippen LogP contribution is 2.23. The number of thiazole rings is 1. The molecule has 0 spiro atoms. The molecule has 2 amide bonds. The van der Waals surface area contributed by atoms with Gasteiger partial charge in [0.1, 0.15) is 0 Å². The van der Waals surface area contributed by atoms with E-state index in [1.54, 1.807) is 17.5 Å². The molecular formula is C16H19N3O2S. The maximum atomic E-state index is 11.9. The Bertz CT molecular complexity index is 684. The molecule has 0 unspecified atom stereocenters. The zero-order chi connectivity index (χ0) is 16.3. The molecule has 0 bridgehead atoms. The molecule has 0 aliphatic rings. The van der Waals surface area contributed by atoms with Crippen molar-refractivity contribution in [2.45, 2.75) is 33.1 Å². The Balaban J connectivity index is 1.98. The number of nitrogens with one attached hydrogen (secondary N) is 2. The van der Waals surface area contributed by atoms with E-state index in [-0.39, 0.29) is 5.41 Å². The van der Waals surface area contributed by atoms with E-state index >= 15 is 0 Å². The maximum absolute atomic E-state index is 11.9. The molecule has 2 aromatic rings. The third kappa shape index (κ3) is 4.14. The van der Waals surface area contributed by atoms with Gasteiger partial charge in [-0.2, -0.15) is 0 Å². The number of rotatable bonds is 2. The molecule has 0 atom stereocenters. The summed E-state index contributed by atoms with van der Waals surface area (Å²) in [6.45, 7) is 8.17. The smallest absolute Gasteiger partial charge is 0.315 e. The molecular weight excluding hydrogens is 298 g/mol. The second-order valence-corrected chi connectivity index (χ2v) is 6.89. The van der Waals surface area contributed by atoms with E-state index in [1.165, 1.54) is 11.3 Å². The Morgan fingerprint density at radius 2 is 1.64 bits per heavy atom. The van der Waals surface area contributed by atoms with Crippen LogP contribution in [0.1, 0.15) is 32.0 Å². The van der Waals surface area contributed by atoms with Crippen LogP contribution < -0.4 is 10.6 Å². The third-order valence-corrected chi connectivity index (χ3v) is 3.93. The lowest BCUT2D eigenvalue weighted by Gasteiger charge is -2.19. The van der Waals surface area contributed by atoms with Crippen molar-refractivity contribution in [2.24, 2.45) is 0 Å². The molecule has 0 aliphatic carbocycles. The summed E-state index contributed by atoms with van der Waals surface area (Å²) in [4.78, 5) is 27.7. The number of hydrogen-bond donors (Lipinski definition) is 2. The highest BCUT2D eigenvalue weighted by molar-refractivity contribution is 7.14. The highest BCUT2D eigenvalue weighted by atomic mass is 32.1. The van der Waals surface area contributed by atoms with E-state index in [4.69, 9.17) is 0 Å². The van der Waals surface area contributed by atoms with Gasteiger partial charge in [0.2, 0.25) is 0 Å². The molecule has 6 heteroatoms.